The summed E-state index contributed by atoms with van der Waals surface area (Å²) in [6.45, 7) is 0. The zero-order valence-corrected chi connectivity index (χ0v) is 13.0. The predicted molar refractivity (Wildman–Crippen MR) is 82.2 cm³/mol. The van der Waals surface area contributed by atoms with Crippen LogP contribution >= 0.6 is 15.9 Å². The average molecular weight is 354 g/mol. The number of anilines is 1. The van der Waals surface area contributed by atoms with Gasteiger partial charge in [-0.25, -0.2) is 9.82 Å². The minimum Gasteiger partial charge on any atom is -0.438 e. The smallest absolute Gasteiger partial charge is 0.274 e. The predicted octanol–water partition coefficient (Wildman–Crippen LogP) is 3.01. The first kappa shape index (κ1) is 15.2. The fourth-order valence-corrected chi connectivity index (χ4v) is 2.27. The highest BCUT2D eigenvalue weighted by Crippen LogP contribution is 2.27. The Morgan fingerprint density at radius 1 is 1.43 bits per heavy atom. The average Bonchev–Trinajstić information content (AvgIpc) is 2.80. The second-order valence-electron chi connectivity index (χ2n) is 4.38. The molecule has 1 aromatic carbocycles. The van der Waals surface area contributed by atoms with Crippen molar-refractivity contribution in [2.24, 2.45) is 5.10 Å². The molecule has 0 saturated heterocycles. The number of hydrazone groups is 1. The summed E-state index contributed by atoms with van der Waals surface area (Å²) >= 11 is 3.35. The summed E-state index contributed by atoms with van der Waals surface area (Å²) in [5, 5.41) is 3.75. The number of carbonyl (C=O) groups is 1. The van der Waals surface area contributed by atoms with E-state index in [2.05, 4.69) is 26.5 Å². The van der Waals surface area contributed by atoms with Crippen molar-refractivity contribution in [1.82, 2.24) is 5.43 Å². The van der Waals surface area contributed by atoms with E-state index in [9.17, 15) is 9.18 Å². The van der Waals surface area contributed by atoms with Gasteiger partial charge in [-0.2, -0.15) is 5.10 Å². The lowest BCUT2D eigenvalue weighted by atomic mass is 10.2. The van der Waals surface area contributed by atoms with Gasteiger partial charge in [-0.1, -0.05) is 12.1 Å². The van der Waals surface area contributed by atoms with Crippen molar-refractivity contribution >= 4 is 33.9 Å². The number of hydrogen-bond donors (Lipinski definition) is 1. The molecule has 110 valence electrons. The summed E-state index contributed by atoms with van der Waals surface area (Å²) in [4.78, 5) is 13.5. The van der Waals surface area contributed by atoms with E-state index in [4.69, 9.17) is 4.42 Å². The van der Waals surface area contributed by atoms with E-state index in [0.717, 1.165) is 4.47 Å². The van der Waals surface area contributed by atoms with E-state index in [-0.39, 0.29) is 5.56 Å². The van der Waals surface area contributed by atoms with Crippen LogP contribution in [-0.2, 0) is 0 Å². The Balaban J connectivity index is 2.04. The number of nitrogens with one attached hydrogen (secondary N) is 1. The number of carbonyl (C=O) groups excluding carboxylic acids is 1. The number of furan rings is 1. The van der Waals surface area contributed by atoms with Crippen molar-refractivity contribution in [3.05, 3.63) is 51.9 Å². The molecular weight excluding hydrogens is 341 g/mol. The summed E-state index contributed by atoms with van der Waals surface area (Å²) in [7, 11) is 3.68. The van der Waals surface area contributed by atoms with Gasteiger partial charge in [0, 0.05) is 20.2 Å². The largest absolute Gasteiger partial charge is 0.438 e. The van der Waals surface area contributed by atoms with Crippen LogP contribution in [0.2, 0.25) is 0 Å². The van der Waals surface area contributed by atoms with E-state index in [0.29, 0.717) is 11.6 Å². The summed E-state index contributed by atoms with van der Waals surface area (Å²) in [6, 6.07) is 7.40. The standard InChI is InChI=1S/C14H13BrFN3O2/c1-19(2)14-11(15)7-9(21-14)8-17-18-13(20)10-5-3-4-6-12(10)16/h3-8H,1-2H3,(H,18,20)/b17-8-. The van der Waals surface area contributed by atoms with Gasteiger partial charge in [0.1, 0.15) is 5.82 Å². The number of halogens is 2. The quantitative estimate of drug-likeness (QED) is 0.678. The molecule has 0 spiro atoms. The maximum atomic E-state index is 13.4. The molecule has 0 fully saturated rings. The third-order valence-corrected chi connectivity index (χ3v) is 3.14. The summed E-state index contributed by atoms with van der Waals surface area (Å²) in [5.41, 5.74) is 2.18. The van der Waals surface area contributed by atoms with E-state index >= 15 is 0 Å². The molecule has 0 bridgehead atoms. The van der Waals surface area contributed by atoms with Crippen molar-refractivity contribution in [3.63, 3.8) is 0 Å². The van der Waals surface area contributed by atoms with Crippen LogP contribution in [0.4, 0.5) is 10.3 Å². The molecule has 0 aliphatic heterocycles. The van der Waals surface area contributed by atoms with Crippen molar-refractivity contribution in [2.75, 3.05) is 19.0 Å². The fourth-order valence-electron chi connectivity index (χ4n) is 1.61. The Morgan fingerprint density at radius 3 is 2.76 bits per heavy atom. The highest BCUT2D eigenvalue weighted by Gasteiger charge is 2.11. The van der Waals surface area contributed by atoms with Gasteiger partial charge in [-0.05, 0) is 28.1 Å². The van der Waals surface area contributed by atoms with Crippen LogP contribution < -0.4 is 10.3 Å². The van der Waals surface area contributed by atoms with Gasteiger partial charge < -0.3 is 9.32 Å². The zero-order valence-electron chi connectivity index (χ0n) is 11.4. The first-order chi connectivity index (χ1) is 9.99. The van der Waals surface area contributed by atoms with Crippen LogP contribution in [0, 0.1) is 5.82 Å². The van der Waals surface area contributed by atoms with E-state index in [1.54, 1.807) is 17.0 Å². The third-order valence-electron chi connectivity index (χ3n) is 2.57. The molecule has 2 aromatic rings. The van der Waals surface area contributed by atoms with Crippen molar-refractivity contribution in [1.29, 1.82) is 0 Å². The first-order valence-corrected chi connectivity index (χ1v) is 6.83. The molecule has 1 heterocycles. The molecule has 1 amide bonds. The summed E-state index contributed by atoms with van der Waals surface area (Å²) in [5.74, 6) is -0.125. The molecule has 1 aromatic heterocycles. The topological polar surface area (TPSA) is 57.8 Å². The third kappa shape index (κ3) is 3.69. The molecular formula is C14H13BrFN3O2. The molecule has 21 heavy (non-hydrogen) atoms. The lowest BCUT2D eigenvalue weighted by molar-refractivity contribution is 0.0951. The molecule has 0 radical (unpaired) electrons. The minimum absolute atomic E-state index is 0.0655. The number of benzene rings is 1. The second kappa shape index (κ2) is 6.53. The highest BCUT2D eigenvalue weighted by atomic mass is 79.9. The molecule has 7 heteroatoms. The zero-order chi connectivity index (χ0) is 15.4. The van der Waals surface area contributed by atoms with Crippen LogP contribution in [0.15, 0.2) is 44.3 Å². The minimum atomic E-state index is -0.622. The molecule has 0 aliphatic carbocycles. The Morgan fingerprint density at radius 2 is 2.14 bits per heavy atom. The second-order valence-corrected chi connectivity index (χ2v) is 5.23. The van der Waals surface area contributed by atoms with Crippen LogP contribution in [0.5, 0.6) is 0 Å². The molecule has 0 atom stereocenters. The molecule has 0 unspecified atom stereocenters. The molecule has 0 saturated carbocycles. The summed E-state index contributed by atoms with van der Waals surface area (Å²) < 4.78 is 19.7. The number of hydrogen-bond acceptors (Lipinski definition) is 4. The summed E-state index contributed by atoms with van der Waals surface area (Å²) in [6.07, 6.45) is 1.34. The van der Waals surface area contributed by atoms with Crippen LogP contribution in [-0.4, -0.2) is 26.2 Å². The van der Waals surface area contributed by atoms with Gasteiger partial charge in [0.2, 0.25) is 5.88 Å². The van der Waals surface area contributed by atoms with E-state index < -0.39 is 11.7 Å². The Hall–Kier alpha value is -2.15. The lowest BCUT2D eigenvalue weighted by Gasteiger charge is -2.07. The number of amides is 1. The Kier molecular flexibility index (Phi) is 4.74. The van der Waals surface area contributed by atoms with E-state index in [1.807, 2.05) is 14.1 Å². The van der Waals surface area contributed by atoms with Gasteiger partial charge in [0.15, 0.2) is 5.76 Å². The molecule has 1 N–H and O–H groups in total. The Bertz CT molecular complexity index is 683. The number of rotatable bonds is 4. The maximum absolute atomic E-state index is 13.4. The van der Waals surface area contributed by atoms with Gasteiger partial charge in [0.05, 0.1) is 16.3 Å². The van der Waals surface area contributed by atoms with Crippen molar-refractivity contribution in [2.45, 2.75) is 0 Å². The number of nitrogens with zero attached hydrogens (tertiary/aromatic N) is 2. The van der Waals surface area contributed by atoms with Crippen molar-refractivity contribution in [3.8, 4) is 0 Å². The Labute approximate surface area is 129 Å². The van der Waals surface area contributed by atoms with E-state index in [1.165, 1.54) is 24.4 Å². The van der Waals surface area contributed by atoms with Gasteiger partial charge >= 0.3 is 0 Å². The van der Waals surface area contributed by atoms with Gasteiger partial charge in [-0.15, -0.1) is 0 Å². The molecule has 2 rings (SSSR count). The maximum Gasteiger partial charge on any atom is 0.274 e. The lowest BCUT2D eigenvalue weighted by Crippen LogP contribution is -2.18. The van der Waals surface area contributed by atoms with Crippen LogP contribution in [0.3, 0.4) is 0 Å². The fraction of sp³-hybridized carbons (Fsp3) is 0.143. The highest BCUT2D eigenvalue weighted by molar-refractivity contribution is 9.10. The van der Waals surface area contributed by atoms with Crippen molar-refractivity contribution < 1.29 is 13.6 Å². The van der Waals surface area contributed by atoms with Gasteiger partial charge in [0.25, 0.3) is 5.91 Å². The first-order valence-electron chi connectivity index (χ1n) is 6.03. The molecule has 0 aliphatic rings. The monoisotopic (exact) mass is 353 g/mol. The van der Waals surface area contributed by atoms with Crippen LogP contribution in [0.25, 0.3) is 0 Å². The SMILES string of the molecule is CN(C)c1oc(/C=N\NC(=O)c2ccccc2F)cc1Br. The van der Waals surface area contributed by atoms with Gasteiger partial charge in [-0.3, -0.25) is 4.79 Å². The van der Waals surface area contributed by atoms with Crippen LogP contribution in [0.1, 0.15) is 16.1 Å². The normalized spacial score (nSPS) is 10.9. The molecule has 5 nitrogen and oxygen atoms in total.